The summed E-state index contributed by atoms with van der Waals surface area (Å²) in [6.07, 6.45) is 7.02. The number of carbonyl (C=O) groups is 1. The fourth-order valence-electron chi connectivity index (χ4n) is 5.17. The molecule has 3 aliphatic rings. The van der Waals surface area contributed by atoms with Crippen LogP contribution in [-0.4, -0.2) is 11.1 Å². The Labute approximate surface area is 91.1 Å². The number of carboxylic acids is 1. The van der Waals surface area contributed by atoms with Crippen molar-refractivity contribution in [3.63, 3.8) is 0 Å². The van der Waals surface area contributed by atoms with Gasteiger partial charge in [0.15, 0.2) is 0 Å². The van der Waals surface area contributed by atoms with Crippen molar-refractivity contribution >= 4 is 5.97 Å². The van der Waals surface area contributed by atoms with Crippen LogP contribution in [0.4, 0.5) is 0 Å². The third kappa shape index (κ3) is 0.982. The smallest absolute Gasteiger partial charge is 0.310 e. The van der Waals surface area contributed by atoms with Crippen molar-refractivity contribution in [2.45, 2.75) is 45.4 Å². The molecular weight excluding hydrogens is 188 g/mol. The number of fused-ring (bicyclic) bond motifs is 5. The minimum absolute atomic E-state index is 0.288. The Kier molecular flexibility index (Phi) is 1.93. The lowest BCUT2D eigenvalue weighted by molar-refractivity contribution is -0.155. The predicted molar refractivity (Wildman–Crippen MR) is 57.4 cm³/mol. The molecule has 2 heteroatoms. The molecule has 5 atom stereocenters. The summed E-state index contributed by atoms with van der Waals surface area (Å²) in [5.74, 6) is 2.02. The fraction of sp³-hybridized carbons (Fsp3) is 0.923. The average Bonchev–Trinajstić information content (AvgIpc) is 2.88. The quantitative estimate of drug-likeness (QED) is 0.757. The summed E-state index contributed by atoms with van der Waals surface area (Å²) < 4.78 is 0. The van der Waals surface area contributed by atoms with Gasteiger partial charge in [-0.3, -0.25) is 4.79 Å². The molecule has 0 aliphatic heterocycles. The van der Waals surface area contributed by atoms with Crippen LogP contribution >= 0.6 is 0 Å². The number of hydrogen-bond donors (Lipinski definition) is 1. The first-order valence-corrected chi connectivity index (χ1v) is 6.43. The second kappa shape index (κ2) is 2.99. The molecule has 0 aromatic carbocycles. The van der Waals surface area contributed by atoms with Crippen molar-refractivity contribution in [2.24, 2.45) is 29.1 Å². The molecule has 3 rings (SSSR count). The van der Waals surface area contributed by atoms with Crippen LogP contribution < -0.4 is 0 Å². The minimum Gasteiger partial charge on any atom is -0.481 e. The zero-order chi connectivity index (χ0) is 10.6. The van der Waals surface area contributed by atoms with E-state index in [0.29, 0.717) is 17.8 Å². The molecule has 1 unspecified atom stereocenters. The molecule has 3 fully saturated rings. The Bertz CT molecular complexity index is 297. The molecule has 15 heavy (non-hydrogen) atoms. The van der Waals surface area contributed by atoms with Crippen LogP contribution in [0.2, 0.25) is 0 Å². The highest BCUT2D eigenvalue weighted by Gasteiger charge is 2.66. The molecule has 0 spiro atoms. The van der Waals surface area contributed by atoms with Crippen molar-refractivity contribution in [1.82, 2.24) is 0 Å². The van der Waals surface area contributed by atoms with Crippen LogP contribution in [0.1, 0.15) is 45.4 Å². The first-order valence-electron chi connectivity index (χ1n) is 6.43. The molecule has 3 aliphatic carbocycles. The van der Waals surface area contributed by atoms with Crippen molar-refractivity contribution in [2.75, 3.05) is 0 Å². The molecule has 2 bridgehead atoms. The third-order valence-corrected chi connectivity index (χ3v) is 5.66. The van der Waals surface area contributed by atoms with E-state index >= 15 is 0 Å². The van der Waals surface area contributed by atoms with Gasteiger partial charge in [-0.2, -0.15) is 0 Å². The molecule has 0 radical (unpaired) electrons. The molecule has 2 nitrogen and oxygen atoms in total. The summed E-state index contributed by atoms with van der Waals surface area (Å²) in [6.45, 7) is 2.23. The van der Waals surface area contributed by atoms with Crippen LogP contribution in [0.15, 0.2) is 0 Å². The van der Waals surface area contributed by atoms with Gasteiger partial charge in [0, 0.05) is 0 Å². The number of rotatable bonds is 2. The first-order chi connectivity index (χ1) is 7.20. The maximum Gasteiger partial charge on any atom is 0.310 e. The topological polar surface area (TPSA) is 37.3 Å². The number of aliphatic carboxylic acids is 1. The highest BCUT2D eigenvalue weighted by atomic mass is 16.4. The Hall–Kier alpha value is -0.530. The molecule has 0 amide bonds. The predicted octanol–water partition coefficient (Wildman–Crippen LogP) is 2.92. The maximum absolute atomic E-state index is 11.7. The van der Waals surface area contributed by atoms with Crippen molar-refractivity contribution in [3.8, 4) is 0 Å². The zero-order valence-electron chi connectivity index (χ0n) is 9.41. The Balaban J connectivity index is 2.01. The van der Waals surface area contributed by atoms with E-state index in [1.165, 1.54) is 32.1 Å². The summed E-state index contributed by atoms with van der Waals surface area (Å²) in [5.41, 5.74) is -0.288. The van der Waals surface area contributed by atoms with Crippen molar-refractivity contribution in [3.05, 3.63) is 0 Å². The lowest BCUT2D eigenvalue weighted by atomic mass is 9.66. The highest BCUT2D eigenvalue weighted by Crippen LogP contribution is 2.68. The van der Waals surface area contributed by atoms with Crippen LogP contribution in [0.5, 0.6) is 0 Å². The monoisotopic (exact) mass is 208 g/mol. The van der Waals surface area contributed by atoms with E-state index in [9.17, 15) is 9.90 Å². The van der Waals surface area contributed by atoms with Gasteiger partial charge in [-0.15, -0.1) is 0 Å². The second-order valence-electron chi connectivity index (χ2n) is 5.85. The Morgan fingerprint density at radius 1 is 1.40 bits per heavy atom. The zero-order valence-corrected chi connectivity index (χ0v) is 9.41. The van der Waals surface area contributed by atoms with E-state index < -0.39 is 5.97 Å². The van der Waals surface area contributed by atoms with E-state index in [-0.39, 0.29) is 5.41 Å². The van der Waals surface area contributed by atoms with Crippen molar-refractivity contribution < 1.29 is 9.90 Å². The summed E-state index contributed by atoms with van der Waals surface area (Å²) in [6, 6.07) is 0. The number of hydrogen-bond acceptors (Lipinski definition) is 1. The maximum atomic E-state index is 11.7. The van der Waals surface area contributed by atoms with Gasteiger partial charge in [0.2, 0.25) is 0 Å². The van der Waals surface area contributed by atoms with Gasteiger partial charge < -0.3 is 5.11 Å². The summed E-state index contributed by atoms with van der Waals surface area (Å²) in [4.78, 5) is 11.7. The first kappa shape index (κ1) is 9.68. The highest BCUT2D eigenvalue weighted by molar-refractivity contribution is 5.77. The molecular formula is C13H20O2. The molecule has 1 N–H and O–H groups in total. The van der Waals surface area contributed by atoms with Gasteiger partial charge in [-0.1, -0.05) is 13.3 Å². The van der Waals surface area contributed by atoms with Crippen LogP contribution in [0.3, 0.4) is 0 Å². The Morgan fingerprint density at radius 3 is 2.87 bits per heavy atom. The van der Waals surface area contributed by atoms with E-state index in [1.807, 2.05) is 0 Å². The lowest BCUT2D eigenvalue weighted by Gasteiger charge is -2.37. The molecule has 0 aromatic heterocycles. The average molecular weight is 208 g/mol. The van der Waals surface area contributed by atoms with E-state index in [2.05, 4.69) is 6.92 Å². The summed E-state index contributed by atoms with van der Waals surface area (Å²) in [5, 5.41) is 9.61. The minimum atomic E-state index is -0.476. The molecule has 0 aromatic rings. The van der Waals surface area contributed by atoms with Crippen molar-refractivity contribution in [1.29, 1.82) is 0 Å². The van der Waals surface area contributed by atoms with Gasteiger partial charge in [0.1, 0.15) is 0 Å². The standard InChI is InChI=1S/C13H20O2/c1-2-8-5-6-13(12(14)15)10-4-3-9(7-10)11(8)13/h8-11H,2-7H2,1H3,(H,14,15)/t8?,9-,10+,11+,13+/m1/s1. The van der Waals surface area contributed by atoms with Gasteiger partial charge in [-0.05, 0) is 55.8 Å². The van der Waals surface area contributed by atoms with Gasteiger partial charge in [0.05, 0.1) is 5.41 Å². The van der Waals surface area contributed by atoms with Gasteiger partial charge in [-0.25, -0.2) is 0 Å². The van der Waals surface area contributed by atoms with Crippen LogP contribution in [0, 0.1) is 29.1 Å². The molecule has 0 saturated heterocycles. The lowest BCUT2D eigenvalue weighted by Crippen LogP contribution is -2.41. The SMILES string of the molecule is CCC1CC[C@]2(C(=O)O)[C@H]3CC[C@H](C3)[C@H]12. The Morgan fingerprint density at radius 2 is 2.20 bits per heavy atom. The van der Waals surface area contributed by atoms with E-state index in [4.69, 9.17) is 0 Å². The van der Waals surface area contributed by atoms with E-state index in [0.717, 1.165) is 12.3 Å². The normalized spacial score (nSPS) is 52.1. The summed E-state index contributed by atoms with van der Waals surface area (Å²) in [7, 11) is 0. The summed E-state index contributed by atoms with van der Waals surface area (Å²) >= 11 is 0. The van der Waals surface area contributed by atoms with Gasteiger partial charge >= 0.3 is 5.97 Å². The second-order valence-corrected chi connectivity index (χ2v) is 5.85. The third-order valence-electron chi connectivity index (χ3n) is 5.66. The van der Waals surface area contributed by atoms with Gasteiger partial charge in [0.25, 0.3) is 0 Å². The van der Waals surface area contributed by atoms with Crippen LogP contribution in [0.25, 0.3) is 0 Å². The van der Waals surface area contributed by atoms with E-state index in [1.54, 1.807) is 0 Å². The molecule has 84 valence electrons. The number of carboxylic acid groups (broad SMARTS) is 1. The molecule has 3 saturated carbocycles. The molecule has 0 heterocycles. The van der Waals surface area contributed by atoms with Crippen LogP contribution in [-0.2, 0) is 4.79 Å². The largest absolute Gasteiger partial charge is 0.481 e. The fourth-order valence-corrected chi connectivity index (χ4v) is 5.17.